The molecule has 0 radical (unpaired) electrons. The Kier molecular flexibility index (Phi) is 4.27. The van der Waals surface area contributed by atoms with Crippen LogP contribution in [0, 0.1) is 0 Å². The first-order valence-corrected chi connectivity index (χ1v) is 8.50. The summed E-state index contributed by atoms with van der Waals surface area (Å²) in [4.78, 5) is 4.28. The minimum absolute atomic E-state index is 0.150. The lowest BCUT2D eigenvalue weighted by molar-refractivity contribution is 0.594. The summed E-state index contributed by atoms with van der Waals surface area (Å²) in [5.41, 5.74) is 6.60. The predicted octanol–water partition coefficient (Wildman–Crippen LogP) is 3.16. The summed E-state index contributed by atoms with van der Waals surface area (Å²) in [5, 5.41) is 0. The maximum Gasteiger partial charge on any atom is 0.185 e. The average Bonchev–Trinajstić information content (AvgIpc) is 2.31. The van der Waals surface area contributed by atoms with Crippen molar-refractivity contribution >= 4 is 47.4 Å². The number of hydrogen-bond donors (Lipinski definition) is 1. The van der Waals surface area contributed by atoms with Gasteiger partial charge in [0, 0.05) is 20.8 Å². The molecule has 2 aromatic rings. The van der Waals surface area contributed by atoms with Crippen LogP contribution in [0.3, 0.4) is 0 Å². The molecule has 1 aromatic carbocycles. The fourth-order valence-corrected chi connectivity index (χ4v) is 4.25. The highest BCUT2D eigenvalue weighted by atomic mass is 79.9. The summed E-state index contributed by atoms with van der Waals surface area (Å²) < 4.78 is 25.9. The monoisotopic (exact) mass is 404 g/mol. The van der Waals surface area contributed by atoms with Crippen molar-refractivity contribution in [3.8, 4) is 0 Å². The van der Waals surface area contributed by atoms with E-state index in [2.05, 4.69) is 36.8 Å². The quantitative estimate of drug-likeness (QED) is 0.796. The molecule has 0 saturated carbocycles. The Balaban J connectivity index is 2.35. The number of nitrogens with two attached hydrogens (primary N) is 1. The fraction of sp³-hybridized carbons (Fsp3) is 0.0833. The van der Waals surface area contributed by atoms with Gasteiger partial charge in [0.15, 0.2) is 9.84 Å². The lowest BCUT2D eigenvalue weighted by Crippen LogP contribution is -2.07. The fourth-order valence-electron chi connectivity index (χ4n) is 1.53. The van der Waals surface area contributed by atoms with Crippen LogP contribution in [0.15, 0.2) is 50.4 Å². The number of rotatable bonds is 3. The van der Waals surface area contributed by atoms with Crippen molar-refractivity contribution in [1.82, 2.24) is 4.98 Å². The van der Waals surface area contributed by atoms with Gasteiger partial charge in [0.05, 0.1) is 16.3 Å². The molecule has 0 aliphatic heterocycles. The van der Waals surface area contributed by atoms with Gasteiger partial charge < -0.3 is 5.73 Å². The van der Waals surface area contributed by atoms with Crippen LogP contribution in [0.1, 0.15) is 5.69 Å². The van der Waals surface area contributed by atoms with Gasteiger partial charge in [-0.25, -0.2) is 8.42 Å². The zero-order valence-electron chi connectivity index (χ0n) is 9.68. The first-order chi connectivity index (χ1) is 8.88. The predicted molar refractivity (Wildman–Crippen MR) is 81.4 cm³/mol. The Morgan fingerprint density at radius 1 is 1.16 bits per heavy atom. The lowest BCUT2D eigenvalue weighted by Gasteiger charge is -2.07. The lowest BCUT2D eigenvalue weighted by atomic mass is 10.3. The number of aromatic nitrogens is 1. The number of nitrogens with zero attached hydrogens (tertiary/aromatic N) is 1. The minimum atomic E-state index is -3.45. The van der Waals surface area contributed by atoms with Gasteiger partial charge in [0.1, 0.15) is 0 Å². The van der Waals surface area contributed by atoms with Crippen molar-refractivity contribution in [3.63, 3.8) is 0 Å². The van der Waals surface area contributed by atoms with Crippen molar-refractivity contribution < 1.29 is 8.42 Å². The van der Waals surface area contributed by atoms with Crippen LogP contribution in [-0.2, 0) is 15.6 Å². The molecule has 0 spiro atoms. The number of halogens is 2. The molecule has 100 valence electrons. The van der Waals surface area contributed by atoms with Gasteiger partial charge in [-0.15, -0.1) is 0 Å². The van der Waals surface area contributed by atoms with E-state index in [0.717, 1.165) is 4.47 Å². The van der Waals surface area contributed by atoms with Crippen LogP contribution in [0.2, 0.25) is 0 Å². The maximum absolute atomic E-state index is 12.3. The molecule has 0 aliphatic rings. The number of pyridine rings is 1. The Morgan fingerprint density at radius 3 is 2.47 bits per heavy atom. The molecular formula is C12H10Br2N2O2S. The average molecular weight is 406 g/mol. The van der Waals surface area contributed by atoms with E-state index in [9.17, 15) is 8.42 Å². The topological polar surface area (TPSA) is 73.1 Å². The second-order valence-electron chi connectivity index (χ2n) is 3.92. The van der Waals surface area contributed by atoms with Gasteiger partial charge in [0.2, 0.25) is 0 Å². The SMILES string of the molecule is Nc1ccc(S(=O)(=O)Cc2ccc(Br)cn2)c(Br)c1. The molecule has 0 saturated heterocycles. The summed E-state index contributed by atoms with van der Waals surface area (Å²) in [6, 6.07) is 8.06. The molecule has 0 fully saturated rings. The van der Waals surface area contributed by atoms with Crippen LogP contribution in [-0.4, -0.2) is 13.4 Å². The first-order valence-electron chi connectivity index (χ1n) is 5.27. The van der Waals surface area contributed by atoms with Gasteiger partial charge >= 0.3 is 0 Å². The third-order valence-electron chi connectivity index (χ3n) is 2.42. The van der Waals surface area contributed by atoms with E-state index >= 15 is 0 Å². The third-order valence-corrected chi connectivity index (χ3v) is 5.51. The molecular weight excluding hydrogens is 396 g/mol. The molecule has 0 unspecified atom stereocenters. The van der Waals surface area contributed by atoms with Crippen LogP contribution in [0.4, 0.5) is 5.69 Å². The first kappa shape index (κ1) is 14.5. The molecule has 0 bridgehead atoms. The summed E-state index contributed by atoms with van der Waals surface area (Å²) in [6.45, 7) is 0. The largest absolute Gasteiger partial charge is 0.399 e. The van der Waals surface area contributed by atoms with E-state index in [4.69, 9.17) is 5.73 Å². The molecule has 7 heteroatoms. The number of sulfone groups is 1. The van der Waals surface area contributed by atoms with Gasteiger partial charge in [0.25, 0.3) is 0 Å². The normalized spacial score (nSPS) is 11.5. The van der Waals surface area contributed by atoms with Crippen molar-refractivity contribution in [2.24, 2.45) is 0 Å². The molecule has 0 amide bonds. The molecule has 2 N–H and O–H groups in total. The number of hydrogen-bond acceptors (Lipinski definition) is 4. The smallest absolute Gasteiger partial charge is 0.185 e. The molecule has 2 rings (SSSR count). The van der Waals surface area contributed by atoms with Crippen molar-refractivity contribution in [2.45, 2.75) is 10.6 Å². The molecule has 0 atom stereocenters. The van der Waals surface area contributed by atoms with E-state index in [1.54, 1.807) is 30.5 Å². The number of nitrogen functional groups attached to an aromatic ring is 1. The van der Waals surface area contributed by atoms with Crippen molar-refractivity contribution in [2.75, 3.05) is 5.73 Å². The number of benzene rings is 1. The standard InChI is InChI=1S/C12H10Br2N2O2S/c13-8-1-3-10(16-6-8)7-19(17,18)12-4-2-9(15)5-11(12)14/h1-6H,7,15H2. The third kappa shape index (κ3) is 3.55. The highest BCUT2D eigenvalue weighted by molar-refractivity contribution is 9.10. The van der Waals surface area contributed by atoms with Crippen molar-refractivity contribution in [1.29, 1.82) is 0 Å². The highest BCUT2D eigenvalue weighted by Crippen LogP contribution is 2.26. The van der Waals surface area contributed by atoms with E-state index in [-0.39, 0.29) is 10.6 Å². The van der Waals surface area contributed by atoms with Crippen LogP contribution in [0.5, 0.6) is 0 Å². The second kappa shape index (κ2) is 5.60. The minimum Gasteiger partial charge on any atom is -0.399 e. The van der Waals surface area contributed by atoms with E-state index in [1.807, 2.05) is 0 Å². The molecule has 4 nitrogen and oxygen atoms in total. The summed E-state index contributed by atoms with van der Waals surface area (Å²) in [5.74, 6) is -0.150. The summed E-state index contributed by atoms with van der Waals surface area (Å²) >= 11 is 6.48. The zero-order chi connectivity index (χ0) is 14.0. The molecule has 1 aromatic heterocycles. The highest BCUT2D eigenvalue weighted by Gasteiger charge is 2.19. The molecule has 0 aliphatic carbocycles. The Labute approximate surface area is 128 Å². The van der Waals surface area contributed by atoms with Gasteiger partial charge in [-0.05, 0) is 62.2 Å². The summed E-state index contributed by atoms with van der Waals surface area (Å²) in [6.07, 6.45) is 1.57. The van der Waals surface area contributed by atoms with Crippen LogP contribution in [0.25, 0.3) is 0 Å². The van der Waals surface area contributed by atoms with E-state index in [1.165, 1.54) is 6.07 Å². The maximum atomic E-state index is 12.3. The molecule has 19 heavy (non-hydrogen) atoms. The van der Waals surface area contributed by atoms with Crippen molar-refractivity contribution in [3.05, 3.63) is 51.2 Å². The van der Waals surface area contributed by atoms with Gasteiger partial charge in [-0.1, -0.05) is 0 Å². The Morgan fingerprint density at radius 2 is 1.89 bits per heavy atom. The van der Waals surface area contributed by atoms with Crippen LogP contribution >= 0.6 is 31.9 Å². The Bertz CT molecular complexity index is 700. The second-order valence-corrected chi connectivity index (χ2v) is 7.64. The van der Waals surface area contributed by atoms with E-state index < -0.39 is 9.84 Å². The van der Waals surface area contributed by atoms with Gasteiger partial charge in [-0.2, -0.15) is 0 Å². The van der Waals surface area contributed by atoms with Gasteiger partial charge in [-0.3, -0.25) is 4.98 Å². The zero-order valence-corrected chi connectivity index (χ0v) is 13.7. The summed E-state index contributed by atoms with van der Waals surface area (Å²) in [7, 11) is -3.45. The van der Waals surface area contributed by atoms with E-state index in [0.29, 0.717) is 15.9 Å². The molecule has 1 heterocycles. The number of anilines is 1. The van der Waals surface area contributed by atoms with Crippen LogP contribution < -0.4 is 5.73 Å². The Hall–Kier alpha value is -0.920.